The van der Waals surface area contributed by atoms with Gasteiger partial charge in [0.15, 0.2) is 0 Å². The van der Waals surface area contributed by atoms with Crippen molar-refractivity contribution < 1.29 is 14.1 Å². The Labute approximate surface area is 98.7 Å². The Morgan fingerprint density at radius 1 is 1.53 bits per heavy atom. The van der Waals surface area contributed by atoms with Crippen LogP contribution in [0.1, 0.15) is 13.8 Å². The van der Waals surface area contributed by atoms with E-state index in [9.17, 15) is 14.5 Å². The van der Waals surface area contributed by atoms with Gasteiger partial charge in [0.05, 0.1) is 17.6 Å². The molecule has 0 heterocycles. The van der Waals surface area contributed by atoms with Gasteiger partial charge in [0.25, 0.3) is 5.69 Å². The fraction of sp³-hybridized carbons (Fsp3) is 0.455. The second-order valence-electron chi connectivity index (χ2n) is 3.76. The minimum absolute atomic E-state index is 0.0966. The molecule has 0 aliphatic carbocycles. The van der Waals surface area contributed by atoms with Crippen molar-refractivity contribution in [2.75, 3.05) is 18.5 Å². The van der Waals surface area contributed by atoms with Crippen LogP contribution in [0, 0.1) is 15.9 Å². The highest BCUT2D eigenvalue weighted by molar-refractivity contribution is 5.61. The summed E-state index contributed by atoms with van der Waals surface area (Å²) in [5.74, 6) is -0.511. The molecule has 94 valence electrons. The van der Waals surface area contributed by atoms with Gasteiger partial charge in [-0.2, -0.15) is 0 Å². The lowest BCUT2D eigenvalue weighted by Crippen LogP contribution is -2.14. The number of hydrogen-bond acceptors (Lipinski definition) is 4. The zero-order valence-corrected chi connectivity index (χ0v) is 9.77. The molecular formula is C11H15FN2O3. The summed E-state index contributed by atoms with van der Waals surface area (Å²) in [4.78, 5) is 10.1. The number of rotatable bonds is 6. The second kappa shape index (κ2) is 6.15. The van der Waals surface area contributed by atoms with E-state index < -0.39 is 10.7 Å². The van der Waals surface area contributed by atoms with E-state index in [0.717, 1.165) is 18.2 Å². The van der Waals surface area contributed by atoms with E-state index in [1.165, 1.54) is 0 Å². The molecule has 1 aromatic rings. The molecule has 0 atom stereocenters. The summed E-state index contributed by atoms with van der Waals surface area (Å²) in [5.41, 5.74) is 0.0262. The maximum Gasteiger partial charge on any atom is 0.292 e. The predicted molar refractivity (Wildman–Crippen MR) is 62.6 cm³/mol. The van der Waals surface area contributed by atoms with Crippen LogP contribution in [0.5, 0.6) is 0 Å². The van der Waals surface area contributed by atoms with Gasteiger partial charge in [-0.15, -0.1) is 0 Å². The summed E-state index contributed by atoms with van der Waals surface area (Å²) in [7, 11) is 0. The zero-order chi connectivity index (χ0) is 12.8. The van der Waals surface area contributed by atoms with Crippen LogP contribution in [-0.4, -0.2) is 24.2 Å². The summed E-state index contributed by atoms with van der Waals surface area (Å²) >= 11 is 0. The molecule has 0 saturated heterocycles. The average Bonchev–Trinajstić information content (AvgIpc) is 2.23. The molecule has 0 aromatic heterocycles. The minimum Gasteiger partial charge on any atom is -0.377 e. The minimum atomic E-state index is -0.551. The van der Waals surface area contributed by atoms with Gasteiger partial charge in [0.1, 0.15) is 11.5 Å². The SMILES string of the molecule is CC(C)OCCNc1cc(F)ccc1[N+](=O)[O-]. The van der Waals surface area contributed by atoms with Gasteiger partial charge in [-0.1, -0.05) is 0 Å². The molecule has 0 unspecified atom stereocenters. The Morgan fingerprint density at radius 3 is 2.82 bits per heavy atom. The molecule has 0 aliphatic heterocycles. The quantitative estimate of drug-likeness (QED) is 0.473. The molecular weight excluding hydrogens is 227 g/mol. The molecule has 0 saturated carbocycles. The van der Waals surface area contributed by atoms with Gasteiger partial charge in [-0.25, -0.2) is 4.39 Å². The van der Waals surface area contributed by atoms with Crippen molar-refractivity contribution >= 4 is 11.4 Å². The molecule has 0 fully saturated rings. The van der Waals surface area contributed by atoms with E-state index in [0.29, 0.717) is 13.2 Å². The van der Waals surface area contributed by atoms with Gasteiger partial charge < -0.3 is 10.1 Å². The van der Waals surface area contributed by atoms with Crippen molar-refractivity contribution in [3.05, 3.63) is 34.1 Å². The maximum absolute atomic E-state index is 13.0. The van der Waals surface area contributed by atoms with Crippen LogP contribution in [0.2, 0.25) is 0 Å². The number of halogens is 1. The molecule has 1 N–H and O–H groups in total. The van der Waals surface area contributed by atoms with E-state index in [2.05, 4.69) is 5.32 Å². The molecule has 0 bridgehead atoms. The number of nitrogens with one attached hydrogen (secondary N) is 1. The lowest BCUT2D eigenvalue weighted by atomic mass is 10.2. The maximum atomic E-state index is 13.0. The van der Waals surface area contributed by atoms with E-state index in [-0.39, 0.29) is 17.5 Å². The Hall–Kier alpha value is -1.69. The number of nitro groups is 1. The highest BCUT2D eigenvalue weighted by Gasteiger charge is 2.13. The Morgan fingerprint density at radius 2 is 2.24 bits per heavy atom. The fourth-order valence-electron chi connectivity index (χ4n) is 1.29. The van der Waals surface area contributed by atoms with E-state index >= 15 is 0 Å². The first kappa shape index (κ1) is 13.4. The van der Waals surface area contributed by atoms with Crippen molar-refractivity contribution in [2.45, 2.75) is 20.0 Å². The monoisotopic (exact) mass is 242 g/mol. The predicted octanol–water partition coefficient (Wildman–Crippen LogP) is 2.57. The zero-order valence-electron chi connectivity index (χ0n) is 9.77. The first-order valence-corrected chi connectivity index (χ1v) is 5.30. The van der Waals surface area contributed by atoms with Crippen molar-refractivity contribution in [1.82, 2.24) is 0 Å². The van der Waals surface area contributed by atoms with Gasteiger partial charge in [-0.05, 0) is 19.9 Å². The van der Waals surface area contributed by atoms with Gasteiger partial charge in [0, 0.05) is 18.7 Å². The standard InChI is InChI=1S/C11H15FN2O3/c1-8(2)17-6-5-13-10-7-9(12)3-4-11(10)14(15)16/h3-4,7-8,13H,5-6H2,1-2H3. The van der Waals surface area contributed by atoms with Crippen LogP contribution in [0.15, 0.2) is 18.2 Å². The molecule has 0 radical (unpaired) electrons. The first-order valence-electron chi connectivity index (χ1n) is 5.30. The lowest BCUT2D eigenvalue weighted by Gasteiger charge is -2.09. The number of anilines is 1. The molecule has 6 heteroatoms. The first-order chi connectivity index (χ1) is 8.00. The van der Waals surface area contributed by atoms with Crippen LogP contribution < -0.4 is 5.32 Å². The van der Waals surface area contributed by atoms with Crippen LogP contribution in [0.4, 0.5) is 15.8 Å². The molecule has 0 aliphatic rings. The molecule has 0 spiro atoms. The highest BCUT2D eigenvalue weighted by Crippen LogP contribution is 2.24. The number of nitro benzene ring substituents is 1. The number of ether oxygens (including phenoxy) is 1. The topological polar surface area (TPSA) is 64.4 Å². The average molecular weight is 242 g/mol. The largest absolute Gasteiger partial charge is 0.377 e. The van der Waals surface area contributed by atoms with Gasteiger partial charge >= 0.3 is 0 Å². The Kier molecular flexibility index (Phi) is 4.84. The van der Waals surface area contributed by atoms with E-state index in [1.807, 2.05) is 13.8 Å². The third kappa shape index (κ3) is 4.36. The molecule has 5 nitrogen and oxygen atoms in total. The number of benzene rings is 1. The Bertz CT molecular complexity index is 396. The van der Waals surface area contributed by atoms with Crippen molar-refractivity contribution in [1.29, 1.82) is 0 Å². The van der Waals surface area contributed by atoms with E-state index in [4.69, 9.17) is 4.74 Å². The summed E-state index contributed by atoms with van der Waals surface area (Å²) in [6, 6.07) is 3.31. The molecule has 1 aromatic carbocycles. The van der Waals surface area contributed by atoms with Crippen LogP contribution in [0.3, 0.4) is 0 Å². The summed E-state index contributed by atoms with van der Waals surface area (Å²) in [6.07, 6.45) is 0.0966. The van der Waals surface area contributed by atoms with Gasteiger partial charge in [0.2, 0.25) is 0 Å². The van der Waals surface area contributed by atoms with Crippen molar-refractivity contribution in [2.24, 2.45) is 0 Å². The summed E-state index contributed by atoms with van der Waals surface area (Å²) < 4.78 is 18.2. The Balaban J connectivity index is 2.62. The third-order valence-electron chi connectivity index (χ3n) is 2.02. The van der Waals surface area contributed by atoms with Crippen LogP contribution >= 0.6 is 0 Å². The molecule has 1 rings (SSSR count). The summed E-state index contributed by atoms with van der Waals surface area (Å²) in [6.45, 7) is 4.59. The van der Waals surface area contributed by atoms with Gasteiger partial charge in [-0.3, -0.25) is 10.1 Å². The number of nitrogens with zero attached hydrogens (tertiary/aromatic N) is 1. The smallest absolute Gasteiger partial charge is 0.292 e. The van der Waals surface area contributed by atoms with Crippen molar-refractivity contribution in [3.8, 4) is 0 Å². The highest BCUT2D eigenvalue weighted by atomic mass is 19.1. The van der Waals surface area contributed by atoms with Crippen LogP contribution in [0.25, 0.3) is 0 Å². The van der Waals surface area contributed by atoms with Crippen molar-refractivity contribution in [3.63, 3.8) is 0 Å². The summed E-state index contributed by atoms with van der Waals surface area (Å²) in [5, 5.41) is 13.5. The van der Waals surface area contributed by atoms with Crippen LogP contribution in [-0.2, 0) is 4.74 Å². The third-order valence-corrected chi connectivity index (χ3v) is 2.02. The van der Waals surface area contributed by atoms with E-state index in [1.54, 1.807) is 0 Å². The fourth-order valence-corrected chi connectivity index (χ4v) is 1.29. The normalized spacial score (nSPS) is 10.6. The second-order valence-corrected chi connectivity index (χ2v) is 3.76. The number of hydrogen-bond donors (Lipinski definition) is 1. The lowest BCUT2D eigenvalue weighted by molar-refractivity contribution is -0.384. The molecule has 0 amide bonds. The molecule has 17 heavy (non-hydrogen) atoms.